The third kappa shape index (κ3) is 15.0. The molecule has 0 aromatic heterocycles. The maximum absolute atomic E-state index is 5.24. The predicted molar refractivity (Wildman–Crippen MR) is 82.2 cm³/mol. The van der Waals surface area contributed by atoms with Crippen LogP contribution in [0.25, 0.3) is 0 Å². The Morgan fingerprint density at radius 2 is 1.44 bits per heavy atom. The molecule has 0 saturated carbocycles. The van der Waals surface area contributed by atoms with Gasteiger partial charge in [0.05, 0.1) is 0 Å². The molecule has 0 aliphatic heterocycles. The molecular formula is C18H29. The zero-order valence-corrected chi connectivity index (χ0v) is 12.1. The first-order valence-corrected chi connectivity index (χ1v) is 7.57. The lowest BCUT2D eigenvalue weighted by Gasteiger charge is -1.96. The Balaban J connectivity index is 3.14. The molecule has 0 spiro atoms. The van der Waals surface area contributed by atoms with Crippen molar-refractivity contribution in [3.05, 3.63) is 24.8 Å². The van der Waals surface area contributed by atoms with Crippen LogP contribution in [0.1, 0.15) is 77.6 Å². The molecule has 0 saturated heterocycles. The van der Waals surface area contributed by atoms with E-state index < -0.39 is 0 Å². The largest absolute Gasteiger partial charge is 0.103 e. The molecule has 0 aromatic carbocycles. The molecule has 0 atom stereocenters. The molecule has 0 N–H and O–H groups in total. The topological polar surface area (TPSA) is 0 Å². The van der Waals surface area contributed by atoms with Crippen LogP contribution in [-0.2, 0) is 0 Å². The van der Waals surface area contributed by atoms with Gasteiger partial charge in [0.2, 0.25) is 0 Å². The summed E-state index contributed by atoms with van der Waals surface area (Å²) in [4.78, 5) is 0. The number of hydrogen-bond acceptors (Lipinski definition) is 0. The second kappa shape index (κ2) is 16.0. The van der Waals surface area contributed by atoms with Crippen LogP contribution in [0.5, 0.6) is 0 Å². The van der Waals surface area contributed by atoms with Crippen molar-refractivity contribution in [2.45, 2.75) is 77.6 Å². The Morgan fingerprint density at radius 1 is 0.833 bits per heavy atom. The minimum absolute atomic E-state index is 1.05. The number of unbranched alkanes of at least 4 members (excludes halogenated alkanes) is 9. The van der Waals surface area contributed by atoms with Crippen molar-refractivity contribution in [2.24, 2.45) is 0 Å². The third-order valence-corrected chi connectivity index (χ3v) is 2.95. The Labute approximate surface area is 115 Å². The minimum Gasteiger partial charge on any atom is -0.103 e. The van der Waals surface area contributed by atoms with Crippen molar-refractivity contribution in [3.63, 3.8) is 0 Å². The SMILES string of the molecule is [CH]=C/C=C/CCCCC#CCCCCCCCC. The van der Waals surface area contributed by atoms with Gasteiger partial charge in [-0.05, 0) is 25.7 Å². The number of rotatable bonds is 11. The highest BCUT2D eigenvalue weighted by Gasteiger charge is 1.88. The summed E-state index contributed by atoms with van der Waals surface area (Å²) < 4.78 is 0. The second-order valence-electron chi connectivity index (χ2n) is 4.74. The summed E-state index contributed by atoms with van der Waals surface area (Å²) >= 11 is 0. The van der Waals surface area contributed by atoms with E-state index in [0.29, 0.717) is 0 Å². The minimum atomic E-state index is 1.05. The van der Waals surface area contributed by atoms with Crippen molar-refractivity contribution in [3.8, 4) is 11.8 Å². The average Bonchev–Trinajstić information content (AvgIpc) is 2.39. The molecule has 0 aromatic rings. The van der Waals surface area contributed by atoms with Gasteiger partial charge in [0, 0.05) is 12.8 Å². The summed E-state index contributed by atoms with van der Waals surface area (Å²) in [5.41, 5.74) is 0. The van der Waals surface area contributed by atoms with Gasteiger partial charge in [0.1, 0.15) is 0 Å². The van der Waals surface area contributed by atoms with Gasteiger partial charge >= 0.3 is 0 Å². The lowest BCUT2D eigenvalue weighted by Crippen LogP contribution is -1.78. The average molecular weight is 245 g/mol. The van der Waals surface area contributed by atoms with Gasteiger partial charge in [-0.3, -0.25) is 0 Å². The molecule has 0 nitrogen and oxygen atoms in total. The molecule has 0 rings (SSSR count). The first-order chi connectivity index (χ1) is 8.91. The molecule has 1 radical (unpaired) electrons. The highest BCUT2D eigenvalue weighted by Crippen LogP contribution is 2.06. The number of allylic oxidation sites excluding steroid dienone is 3. The smallest absolute Gasteiger partial charge is 0.00887 e. The zero-order valence-electron chi connectivity index (χ0n) is 12.1. The van der Waals surface area contributed by atoms with Gasteiger partial charge in [0.15, 0.2) is 0 Å². The van der Waals surface area contributed by atoms with E-state index >= 15 is 0 Å². The van der Waals surface area contributed by atoms with Crippen molar-refractivity contribution in [2.75, 3.05) is 0 Å². The van der Waals surface area contributed by atoms with Gasteiger partial charge in [0.25, 0.3) is 0 Å². The highest BCUT2D eigenvalue weighted by molar-refractivity contribution is 4.99. The van der Waals surface area contributed by atoms with Crippen LogP contribution in [0.4, 0.5) is 0 Å². The van der Waals surface area contributed by atoms with Crippen molar-refractivity contribution in [1.29, 1.82) is 0 Å². The molecule has 0 aliphatic rings. The van der Waals surface area contributed by atoms with Crippen LogP contribution >= 0.6 is 0 Å². The molecule has 0 fully saturated rings. The molecule has 0 aliphatic carbocycles. The van der Waals surface area contributed by atoms with Crippen LogP contribution in [0, 0.1) is 18.4 Å². The van der Waals surface area contributed by atoms with E-state index in [1.54, 1.807) is 6.08 Å². The molecule has 0 unspecified atom stereocenters. The van der Waals surface area contributed by atoms with E-state index in [-0.39, 0.29) is 0 Å². The van der Waals surface area contributed by atoms with Gasteiger partial charge in [-0.15, -0.1) is 11.8 Å². The van der Waals surface area contributed by atoms with Crippen molar-refractivity contribution < 1.29 is 0 Å². The van der Waals surface area contributed by atoms with Crippen LogP contribution < -0.4 is 0 Å². The van der Waals surface area contributed by atoms with E-state index in [4.69, 9.17) is 6.58 Å². The Kier molecular flexibility index (Phi) is 15.2. The molecule has 18 heavy (non-hydrogen) atoms. The Morgan fingerprint density at radius 3 is 2.11 bits per heavy atom. The highest BCUT2D eigenvalue weighted by atomic mass is 13.9. The maximum atomic E-state index is 5.24. The zero-order chi connectivity index (χ0) is 13.3. The summed E-state index contributed by atoms with van der Waals surface area (Å²) in [6.45, 7) is 7.50. The fourth-order valence-corrected chi connectivity index (χ4v) is 1.82. The van der Waals surface area contributed by atoms with E-state index in [0.717, 1.165) is 19.3 Å². The third-order valence-electron chi connectivity index (χ3n) is 2.95. The fourth-order valence-electron chi connectivity index (χ4n) is 1.82. The standard InChI is InChI=1S/C18H29/c1-3-5-7-9-11-13-15-17-18-16-14-12-10-8-6-4-2/h1,3,5,7H,4,6,8-16H2,2H3/b3-1?,7-5+. The summed E-state index contributed by atoms with van der Waals surface area (Å²) in [6, 6.07) is 0. The maximum Gasteiger partial charge on any atom is 0.00887 e. The Hall–Kier alpha value is -0.960. The molecular weight excluding hydrogens is 216 g/mol. The lowest BCUT2D eigenvalue weighted by atomic mass is 10.1. The van der Waals surface area contributed by atoms with Crippen LogP contribution in [-0.4, -0.2) is 0 Å². The molecule has 101 valence electrons. The van der Waals surface area contributed by atoms with Crippen molar-refractivity contribution >= 4 is 0 Å². The molecule has 0 bridgehead atoms. The first kappa shape index (κ1) is 17.0. The van der Waals surface area contributed by atoms with Crippen LogP contribution in [0.3, 0.4) is 0 Å². The number of hydrogen-bond donors (Lipinski definition) is 0. The fraction of sp³-hybridized carbons (Fsp3) is 0.667. The van der Waals surface area contributed by atoms with E-state index in [2.05, 4.69) is 24.8 Å². The van der Waals surface area contributed by atoms with Gasteiger partial charge in [-0.25, -0.2) is 0 Å². The lowest BCUT2D eigenvalue weighted by molar-refractivity contribution is 0.613. The summed E-state index contributed by atoms with van der Waals surface area (Å²) in [6.07, 6.45) is 19.4. The molecule has 0 heteroatoms. The van der Waals surface area contributed by atoms with E-state index in [9.17, 15) is 0 Å². The first-order valence-electron chi connectivity index (χ1n) is 7.57. The van der Waals surface area contributed by atoms with Gasteiger partial charge in [-0.2, -0.15) is 0 Å². The quantitative estimate of drug-likeness (QED) is 0.243. The second-order valence-corrected chi connectivity index (χ2v) is 4.74. The van der Waals surface area contributed by atoms with Gasteiger partial charge in [-0.1, -0.05) is 63.8 Å². The van der Waals surface area contributed by atoms with Crippen molar-refractivity contribution in [1.82, 2.24) is 0 Å². The Bertz CT molecular complexity index is 249. The van der Waals surface area contributed by atoms with Gasteiger partial charge < -0.3 is 0 Å². The normalized spacial score (nSPS) is 10.3. The molecule has 0 amide bonds. The molecule has 0 heterocycles. The monoisotopic (exact) mass is 245 g/mol. The van der Waals surface area contributed by atoms with Crippen LogP contribution in [0.2, 0.25) is 0 Å². The van der Waals surface area contributed by atoms with E-state index in [1.165, 1.54) is 51.4 Å². The van der Waals surface area contributed by atoms with E-state index in [1.807, 2.05) is 6.08 Å². The summed E-state index contributed by atoms with van der Waals surface area (Å²) in [5, 5.41) is 0. The summed E-state index contributed by atoms with van der Waals surface area (Å²) in [7, 11) is 0. The predicted octanol–water partition coefficient (Wildman–Crippen LogP) is 5.85. The van der Waals surface area contributed by atoms with Crippen LogP contribution in [0.15, 0.2) is 18.2 Å². The summed E-state index contributed by atoms with van der Waals surface area (Å²) in [5.74, 6) is 6.56.